The van der Waals surface area contributed by atoms with E-state index >= 15 is 0 Å². The normalized spacial score (nSPS) is 12.1. The van der Waals surface area contributed by atoms with Crippen molar-refractivity contribution in [2.75, 3.05) is 5.01 Å². The van der Waals surface area contributed by atoms with Gasteiger partial charge in [-0.2, -0.15) is 13.2 Å². The van der Waals surface area contributed by atoms with Crippen LogP contribution in [-0.2, 0) is 6.18 Å². The van der Waals surface area contributed by atoms with Crippen LogP contribution in [0, 0.1) is 0 Å². The number of hydrogen-bond acceptors (Lipinski definition) is 3. The van der Waals surface area contributed by atoms with Gasteiger partial charge in [0, 0.05) is 12.4 Å². The topological polar surface area (TPSA) is 55.3 Å². The van der Waals surface area contributed by atoms with Crippen molar-refractivity contribution in [2.45, 2.75) is 6.18 Å². The molecule has 17 heavy (non-hydrogen) atoms. The number of rotatable bonds is 2. The molecule has 0 bridgehead atoms. The Bertz CT molecular complexity index is 446. The second-order valence-electron chi connectivity index (χ2n) is 3.00. The van der Waals surface area contributed by atoms with E-state index in [1.807, 2.05) is 0 Å². The van der Waals surface area contributed by atoms with Crippen LogP contribution in [0.5, 0.6) is 0 Å². The fourth-order valence-corrected chi connectivity index (χ4v) is 1.86. The first-order valence-electron chi connectivity index (χ1n) is 4.26. The van der Waals surface area contributed by atoms with Gasteiger partial charge in [0.1, 0.15) is 0 Å². The van der Waals surface area contributed by atoms with E-state index in [1.54, 1.807) is 0 Å². The quantitative estimate of drug-likeness (QED) is 0.648. The summed E-state index contributed by atoms with van der Waals surface area (Å²) < 4.78 is 38.0. The molecule has 94 valence electrons. The van der Waals surface area contributed by atoms with Crippen LogP contribution in [0.25, 0.3) is 0 Å². The molecular weight excluding hydrogens is 278 g/mol. The van der Waals surface area contributed by atoms with Crippen LogP contribution in [0.15, 0.2) is 24.5 Å². The number of hydrazine groups is 1. The van der Waals surface area contributed by atoms with Gasteiger partial charge in [0.2, 0.25) is 0 Å². The third kappa shape index (κ3) is 2.96. The van der Waals surface area contributed by atoms with Gasteiger partial charge in [-0.3, -0.25) is 5.01 Å². The molecule has 1 aromatic carbocycles. The summed E-state index contributed by atoms with van der Waals surface area (Å²) in [5, 5.41) is -0.199. The van der Waals surface area contributed by atoms with E-state index in [9.17, 15) is 13.2 Å². The van der Waals surface area contributed by atoms with Crippen molar-refractivity contribution >= 4 is 28.9 Å². The van der Waals surface area contributed by atoms with Gasteiger partial charge in [0.15, 0.2) is 0 Å². The molecule has 0 aromatic heterocycles. The second-order valence-corrected chi connectivity index (χ2v) is 3.79. The lowest BCUT2D eigenvalue weighted by atomic mass is 10.2. The molecule has 0 saturated heterocycles. The van der Waals surface area contributed by atoms with Crippen LogP contribution in [0.2, 0.25) is 10.0 Å². The smallest absolute Gasteiger partial charge is 0.403 e. The summed E-state index contributed by atoms with van der Waals surface area (Å²) in [6, 6.07) is 2.33. The van der Waals surface area contributed by atoms with Crippen molar-refractivity contribution in [2.24, 2.45) is 11.6 Å². The number of nitrogens with two attached hydrogens (primary N) is 2. The van der Waals surface area contributed by atoms with Crippen LogP contribution in [0.1, 0.15) is 5.56 Å². The van der Waals surface area contributed by atoms with Crippen molar-refractivity contribution in [1.29, 1.82) is 0 Å². The van der Waals surface area contributed by atoms with E-state index in [4.69, 9.17) is 34.8 Å². The van der Waals surface area contributed by atoms with Gasteiger partial charge in [-0.15, -0.1) is 0 Å². The fourth-order valence-electron chi connectivity index (χ4n) is 1.17. The summed E-state index contributed by atoms with van der Waals surface area (Å²) in [6.07, 6.45) is -2.43. The molecule has 0 atom stereocenters. The monoisotopic (exact) mass is 285 g/mol. The lowest BCUT2D eigenvalue weighted by Gasteiger charge is -2.19. The summed E-state index contributed by atoms with van der Waals surface area (Å²) in [4.78, 5) is 0. The van der Waals surface area contributed by atoms with E-state index in [1.165, 1.54) is 6.07 Å². The molecule has 1 rings (SSSR count). The van der Waals surface area contributed by atoms with E-state index in [-0.39, 0.29) is 5.69 Å². The number of nitrogens with zero attached hydrogens (tertiary/aromatic N) is 1. The Morgan fingerprint density at radius 3 is 2.29 bits per heavy atom. The molecule has 0 aliphatic carbocycles. The second kappa shape index (κ2) is 5.03. The minimum Gasteiger partial charge on any atom is -0.403 e. The Labute approximate surface area is 105 Å². The summed E-state index contributed by atoms with van der Waals surface area (Å²) in [7, 11) is 0. The molecule has 4 N–H and O–H groups in total. The van der Waals surface area contributed by atoms with E-state index in [0.29, 0.717) is 0 Å². The third-order valence-corrected chi connectivity index (χ3v) is 2.58. The average Bonchev–Trinajstić information content (AvgIpc) is 2.15. The SMILES string of the molecule is N/C=C\N(N)c1ccc(Cl)c(C(F)(F)F)c1Cl. The van der Waals surface area contributed by atoms with Crippen LogP contribution in [-0.4, -0.2) is 0 Å². The van der Waals surface area contributed by atoms with E-state index in [0.717, 1.165) is 23.5 Å². The average molecular weight is 286 g/mol. The van der Waals surface area contributed by atoms with E-state index in [2.05, 4.69) is 0 Å². The van der Waals surface area contributed by atoms with Crippen LogP contribution in [0.3, 0.4) is 0 Å². The van der Waals surface area contributed by atoms with Crippen molar-refractivity contribution < 1.29 is 13.2 Å². The minimum atomic E-state index is -4.66. The number of anilines is 1. The van der Waals surface area contributed by atoms with Crippen molar-refractivity contribution in [3.8, 4) is 0 Å². The molecule has 0 heterocycles. The maximum atomic E-state index is 12.7. The van der Waals surface area contributed by atoms with Crippen LogP contribution < -0.4 is 16.6 Å². The maximum Gasteiger partial charge on any atom is 0.419 e. The van der Waals surface area contributed by atoms with Crippen LogP contribution >= 0.6 is 23.2 Å². The molecule has 0 fully saturated rings. The number of alkyl halides is 3. The minimum absolute atomic E-state index is 0.0508. The fraction of sp³-hybridized carbons (Fsp3) is 0.111. The highest BCUT2D eigenvalue weighted by molar-refractivity contribution is 6.38. The molecule has 8 heteroatoms. The Kier molecular flexibility index (Phi) is 4.13. The van der Waals surface area contributed by atoms with Crippen molar-refractivity contribution in [3.05, 3.63) is 40.1 Å². The maximum absolute atomic E-state index is 12.7. The van der Waals surface area contributed by atoms with Gasteiger partial charge >= 0.3 is 6.18 Å². The number of halogens is 5. The molecular formula is C9H8Cl2F3N3. The molecule has 0 aliphatic heterocycles. The molecule has 1 aromatic rings. The van der Waals surface area contributed by atoms with Gasteiger partial charge in [-0.05, 0) is 12.1 Å². The lowest BCUT2D eigenvalue weighted by molar-refractivity contribution is -0.137. The number of benzene rings is 1. The number of hydrogen-bond donors (Lipinski definition) is 2. The largest absolute Gasteiger partial charge is 0.419 e. The first kappa shape index (κ1) is 14.0. The summed E-state index contributed by atoms with van der Waals surface area (Å²) >= 11 is 11.1. The highest BCUT2D eigenvalue weighted by Gasteiger charge is 2.37. The predicted molar refractivity (Wildman–Crippen MR) is 61.5 cm³/mol. The van der Waals surface area contributed by atoms with E-state index < -0.39 is 21.8 Å². The van der Waals surface area contributed by atoms with Gasteiger partial charge in [-0.25, -0.2) is 5.84 Å². The Morgan fingerprint density at radius 1 is 1.24 bits per heavy atom. The van der Waals surface area contributed by atoms with Crippen molar-refractivity contribution in [3.63, 3.8) is 0 Å². The summed E-state index contributed by atoms with van der Waals surface area (Å²) in [6.45, 7) is 0. The van der Waals surface area contributed by atoms with Gasteiger partial charge in [0.05, 0.1) is 21.3 Å². The molecule has 0 spiro atoms. The molecule has 0 aliphatic rings. The zero-order valence-corrected chi connectivity index (χ0v) is 9.81. The molecule has 0 radical (unpaired) electrons. The lowest BCUT2D eigenvalue weighted by Crippen LogP contribution is -2.25. The third-order valence-electron chi connectivity index (χ3n) is 1.88. The molecule has 0 saturated carbocycles. The van der Waals surface area contributed by atoms with Crippen LogP contribution in [0.4, 0.5) is 18.9 Å². The van der Waals surface area contributed by atoms with Gasteiger partial charge in [0.25, 0.3) is 0 Å². The first-order valence-corrected chi connectivity index (χ1v) is 5.02. The standard InChI is InChI=1S/C9H8Cl2F3N3/c10-5-1-2-6(17(16)4-3-15)8(11)7(5)9(12,13)14/h1-4H,15-16H2/b4-3-. The summed E-state index contributed by atoms with van der Waals surface area (Å²) in [5.41, 5.74) is 3.90. The first-order chi connectivity index (χ1) is 7.79. The van der Waals surface area contributed by atoms with Gasteiger partial charge in [-0.1, -0.05) is 23.2 Å². The zero-order valence-electron chi connectivity index (χ0n) is 8.30. The van der Waals surface area contributed by atoms with Crippen molar-refractivity contribution in [1.82, 2.24) is 0 Å². The highest BCUT2D eigenvalue weighted by Crippen LogP contribution is 2.43. The predicted octanol–water partition coefficient (Wildman–Crippen LogP) is 3.12. The summed E-state index contributed by atoms with van der Waals surface area (Å²) in [5.74, 6) is 5.44. The Morgan fingerprint density at radius 2 is 1.82 bits per heavy atom. The zero-order chi connectivity index (χ0) is 13.2. The van der Waals surface area contributed by atoms with Gasteiger partial charge < -0.3 is 5.73 Å². The molecule has 0 unspecified atom stereocenters. The molecule has 3 nitrogen and oxygen atoms in total. The molecule has 0 amide bonds. The Hall–Kier alpha value is -1.11. The highest BCUT2D eigenvalue weighted by atomic mass is 35.5. The Balaban J connectivity index is 3.39.